The number of aryl methyl sites for hydroxylation is 1. The molecule has 27 heavy (non-hydrogen) atoms. The first-order valence-corrected chi connectivity index (χ1v) is 10.5. The molecule has 0 unspecified atom stereocenters. The van der Waals surface area contributed by atoms with E-state index in [1.54, 1.807) is 19.1 Å². The van der Waals surface area contributed by atoms with E-state index < -0.39 is 28.4 Å². The normalized spacial score (nSPS) is 16.1. The van der Waals surface area contributed by atoms with E-state index >= 15 is 0 Å². The van der Waals surface area contributed by atoms with Crippen LogP contribution in [-0.4, -0.2) is 72.6 Å². The summed E-state index contributed by atoms with van der Waals surface area (Å²) in [6.45, 7) is 3.37. The van der Waals surface area contributed by atoms with Crippen molar-refractivity contribution in [2.75, 3.05) is 32.0 Å². The third-order valence-corrected chi connectivity index (χ3v) is 6.48. The summed E-state index contributed by atoms with van der Waals surface area (Å²) in [6, 6.07) is 6.93. The first kappa shape index (κ1) is 21.2. The maximum Gasteiger partial charge on any atom is 0.323 e. The number of piperidine rings is 1. The molecule has 1 aliphatic heterocycles. The Morgan fingerprint density at radius 1 is 1.30 bits per heavy atom. The lowest BCUT2D eigenvalue weighted by Crippen LogP contribution is -2.51. The Kier molecular flexibility index (Phi) is 7.20. The number of nitrogens with zero attached hydrogens (tertiary/aromatic N) is 2. The summed E-state index contributed by atoms with van der Waals surface area (Å²) in [7, 11) is -3.28. The van der Waals surface area contributed by atoms with E-state index in [2.05, 4.69) is 0 Å². The van der Waals surface area contributed by atoms with E-state index in [4.69, 9.17) is 9.84 Å². The van der Waals surface area contributed by atoms with Crippen LogP contribution in [0.1, 0.15) is 25.3 Å². The van der Waals surface area contributed by atoms with Gasteiger partial charge in [0.15, 0.2) is 6.61 Å². The number of benzene rings is 1. The first-order valence-electron chi connectivity index (χ1n) is 8.91. The summed E-state index contributed by atoms with van der Waals surface area (Å²) in [6.07, 6.45) is 0.811. The Bertz CT molecular complexity index is 772. The molecule has 1 fully saturated rings. The van der Waals surface area contributed by atoms with Crippen LogP contribution in [0.4, 0.5) is 0 Å². The van der Waals surface area contributed by atoms with Crippen molar-refractivity contribution in [2.45, 2.75) is 32.7 Å². The molecule has 1 N–H and O–H groups in total. The molecular weight excluding hydrogens is 372 g/mol. The average Bonchev–Trinajstić information content (AvgIpc) is 2.64. The highest BCUT2D eigenvalue weighted by molar-refractivity contribution is 7.89. The average molecular weight is 398 g/mol. The molecule has 0 aliphatic carbocycles. The SMILES string of the molecule is CCS(=O)(=O)N1CCC(N(CC(=O)O)C(=O)COc2cccc(C)c2)CC1. The molecule has 0 radical (unpaired) electrons. The molecule has 1 saturated heterocycles. The summed E-state index contributed by atoms with van der Waals surface area (Å²) < 4.78 is 30.8. The lowest BCUT2D eigenvalue weighted by atomic mass is 10.0. The fraction of sp³-hybridized carbons (Fsp3) is 0.556. The van der Waals surface area contributed by atoms with Crippen molar-refractivity contribution in [3.63, 3.8) is 0 Å². The lowest BCUT2D eigenvalue weighted by Gasteiger charge is -2.37. The number of carboxylic acid groups (broad SMARTS) is 1. The van der Waals surface area contributed by atoms with Crippen molar-refractivity contribution in [3.05, 3.63) is 29.8 Å². The molecule has 8 nitrogen and oxygen atoms in total. The van der Waals surface area contributed by atoms with Crippen molar-refractivity contribution >= 4 is 21.9 Å². The van der Waals surface area contributed by atoms with E-state index in [1.165, 1.54) is 9.21 Å². The molecular formula is C18H26N2O6S. The second-order valence-electron chi connectivity index (χ2n) is 6.55. The number of ether oxygens (including phenoxy) is 1. The number of hydrogen-bond acceptors (Lipinski definition) is 5. The van der Waals surface area contributed by atoms with Crippen LogP contribution in [0.2, 0.25) is 0 Å². The maximum atomic E-state index is 12.6. The van der Waals surface area contributed by atoms with E-state index in [0.717, 1.165) is 5.56 Å². The van der Waals surface area contributed by atoms with Crippen LogP contribution in [0.15, 0.2) is 24.3 Å². The second kappa shape index (κ2) is 9.18. The molecule has 0 spiro atoms. The first-order chi connectivity index (χ1) is 12.7. The van der Waals surface area contributed by atoms with Crippen LogP contribution in [0.5, 0.6) is 5.75 Å². The number of carbonyl (C=O) groups is 2. The van der Waals surface area contributed by atoms with Gasteiger partial charge in [0.1, 0.15) is 12.3 Å². The number of hydrogen-bond donors (Lipinski definition) is 1. The van der Waals surface area contributed by atoms with Crippen molar-refractivity contribution < 1.29 is 27.9 Å². The Morgan fingerprint density at radius 2 is 1.96 bits per heavy atom. The number of carboxylic acids is 1. The van der Waals surface area contributed by atoms with Gasteiger partial charge in [-0.2, -0.15) is 0 Å². The minimum absolute atomic E-state index is 0.0275. The molecule has 2 rings (SSSR count). The van der Waals surface area contributed by atoms with E-state index in [0.29, 0.717) is 18.6 Å². The van der Waals surface area contributed by atoms with Crippen LogP contribution in [0.25, 0.3) is 0 Å². The molecule has 9 heteroatoms. The van der Waals surface area contributed by atoms with Crippen molar-refractivity contribution in [3.8, 4) is 5.75 Å². The van der Waals surface area contributed by atoms with Crippen LogP contribution in [-0.2, 0) is 19.6 Å². The number of amides is 1. The fourth-order valence-corrected chi connectivity index (χ4v) is 4.25. The van der Waals surface area contributed by atoms with Gasteiger partial charge in [0.2, 0.25) is 10.0 Å². The van der Waals surface area contributed by atoms with Crippen molar-refractivity contribution in [1.29, 1.82) is 0 Å². The summed E-state index contributed by atoms with van der Waals surface area (Å²) in [5.74, 6) is -0.958. The van der Waals surface area contributed by atoms with E-state index in [1.807, 2.05) is 19.1 Å². The largest absolute Gasteiger partial charge is 0.484 e. The predicted octanol–water partition coefficient (Wildman–Crippen LogP) is 1.10. The predicted molar refractivity (Wildman–Crippen MR) is 100 cm³/mol. The highest BCUT2D eigenvalue weighted by Crippen LogP contribution is 2.20. The molecule has 1 amide bonds. The number of sulfonamides is 1. The third kappa shape index (κ3) is 5.93. The number of carbonyl (C=O) groups excluding carboxylic acids is 1. The zero-order valence-corrected chi connectivity index (χ0v) is 16.4. The standard InChI is InChI=1S/C18H26N2O6S/c1-3-27(24,25)19-9-7-15(8-10-19)20(12-18(22)23)17(21)13-26-16-6-4-5-14(2)11-16/h4-6,11,15H,3,7-10,12-13H2,1-2H3,(H,22,23). The number of rotatable bonds is 8. The van der Waals surface area contributed by atoms with Crippen LogP contribution < -0.4 is 4.74 Å². The van der Waals surface area contributed by atoms with Gasteiger partial charge in [-0.15, -0.1) is 0 Å². The van der Waals surface area contributed by atoms with Gasteiger partial charge in [0, 0.05) is 19.1 Å². The van der Waals surface area contributed by atoms with Gasteiger partial charge in [0.05, 0.1) is 5.75 Å². The molecule has 0 saturated carbocycles. The van der Waals surface area contributed by atoms with Crippen LogP contribution in [0, 0.1) is 6.92 Å². The smallest absolute Gasteiger partial charge is 0.323 e. The van der Waals surface area contributed by atoms with Gasteiger partial charge in [-0.25, -0.2) is 12.7 Å². The van der Waals surface area contributed by atoms with Gasteiger partial charge in [-0.05, 0) is 44.4 Å². The lowest BCUT2D eigenvalue weighted by molar-refractivity contribution is -0.147. The minimum atomic E-state index is -3.28. The Balaban J connectivity index is 2.00. The molecule has 1 heterocycles. The monoisotopic (exact) mass is 398 g/mol. The van der Waals surface area contributed by atoms with Gasteiger partial charge >= 0.3 is 5.97 Å². The van der Waals surface area contributed by atoms with Gasteiger partial charge in [-0.1, -0.05) is 12.1 Å². The topological polar surface area (TPSA) is 104 Å². The van der Waals surface area contributed by atoms with Crippen molar-refractivity contribution in [2.24, 2.45) is 0 Å². The fourth-order valence-electron chi connectivity index (χ4n) is 3.11. The highest BCUT2D eigenvalue weighted by atomic mass is 32.2. The third-order valence-electron chi connectivity index (χ3n) is 4.60. The van der Waals surface area contributed by atoms with E-state index in [-0.39, 0.29) is 31.5 Å². The molecule has 1 aromatic rings. The maximum absolute atomic E-state index is 12.6. The summed E-state index contributed by atoms with van der Waals surface area (Å²) in [5.41, 5.74) is 0.992. The molecule has 0 atom stereocenters. The van der Waals surface area contributed by atoms with Crippen LogP contribution in [0.3, 0.4) is 0 Å². The molecule has 1 aliphatic rings. The minimum Gasteiger partial charge on any atom is -0.484 e. The van der Waals surface area contributed by atoms with Crippen molar-refractivity contribution in [1.82, 2.24) is 9.21 Å². The quantitative estimate of drug-likeness (QED) is 0.703. The summed E-state index contributed by atoms with van der Waals surface area (Å²) in [5, 5.41) is 9.16. The Hall–Kier alpha value is -2.13. The van der Waals surface area contributed by atoms with Gasteiger partial charge < -0.3 is 14.7 Å². The highest BCUT2D eigenvalue weighted by Gasteiger charge is 2.32. The van der Waals surface area contributed by atoms with Gasteiger partial charge in [0.25, 0.3) is 5.91 Å². The second-order valence-corrected chi connectivity index (χ2v) is 8.81. The Labute approximate surface area is 159 Å². The number of aliphatic carboxylic acids is 1. The molecule has 150 valence electrons. The Morgan fingerprint density at radius 3 is 2.52 bits per heavy atom. The molecule has 0 aromatic heterocycles. The summed E-state index contributed by atoms with van der Waals surface area (Å²) in [4.78, 5) is 25.1. The zero-order chi connectivity index (χ0) is 20.0. The molecule has 1 aromatic carbocycles. The van der Waals surface area contributed by atoms with E-state index in [9.17, 15) is 18.0 Å². The van der Waals surface area contributed by atoms with Gasteiger partial charge in [-0.3, -0.25) is 9.59 Å². The summed E-state index contributed by atoms with van der Waals surface area (Å²) >= 11 is 0. The molecule has 0 bridgehead atoms. The zero-order valence-electron chi connectivity index (χ0n) is 15.6. The van der Waals surface area contributed by atoms with Crippen LogP contribution >= 0.6 is 0 Å².